The molecule has 0 aliphatic rings. The second-order valence-corrected chi connectivity index (χ2v) is 6.87. The number of rotatable bonds is 5. The van der Waals surface area contributed by atoms with Gasteiger partial charge in [0, 0.05) is 35.0 Å². The number of hydrogen-bond donors (Lipinski definition) is 3. The van der Waals surface area contributed by atoms with E-state index in [0.29, 0.717) is 11.4 Å². The Morgan fingerprint density at radius 3 is 2.13 bits per heavy atom. The van der Waals surface area contributed by atoms with Crippen LogP contribution in [0.1, 0.15) is 0 Å². The van der Waals surface area contributed by atoms with Crippen molar-refractivity contribution in [2.24, 2.45) is 0 Å². The van der Waals surface area contributed by atoms with Gasteiger partial charge in [0.1, 0.15) is 6.54 Å². The third kappa shape index (κ3) is 4.17. The molecule has 0 saturated carbocycles. The van der Waals surface area contributed by atoms with Crippen LogP contribution in [-0.2, 0) is 11.3 Å². The molecule has 6 heteroatoms. The van der Waals surface area contributed by atoms with Crippen LogP contribution in [0.2, 0.25) is 0 Å². The average Bonchev–Trinajstić information content (AvgIpc) is 3.14. The van der Waals surface area contributed by atoms with Gasteiger partial charge in [0.2, 0.25) is 5.91 Å². The Morgan fingerprint density at radius 2 is 1.43 bits per heavy atom. The highest BCUT2D eigenvalue weighted by Crippen LogP contribution is 2.28. The predicted molar refractivity (Wildman–Crippen MR) is 121 cm³/mol. The molecule has 0 radical (unpaired) electrons. The third-order valence-electron chi connectivity index (χ3n) is 4.84. The molecule has 0 aliphatic heterocycles. The van der Waals surface area contributed by atoms with Crippen molar-refractivity contribution in [3.05, 3.63) is 84.9 Å². The van der Waals surface area contributed by atoms with E-state index in [0.717, 1.165) is 22.2 Å². The number of fused-ring (bicyclic) bond motifs is 1. The van der Waals surface area contributed by atoms with Crippen molar-refractivity contribution in [1.29, 1.82) is 0 Å². The van der Waals surface area contributed by atoms with Crippen LogP contribution < -0.4 is 16.0 Å². The topological polar surface area (TPSA) is 75.2 Å². The van der Waals surface area contributed by atoms with Gasteiger partial charge in [-0.1, -0.05) is 48.5 Å². The Balaban J connectivity index is 1.55. The standard InChI is InChI=1S/C24H22N4O2/c1-25-24(30)27-20-13-11-19(12-14-20)26-23(29)16-28-21-10-6-5-9-18(21)15-22(28)17-7-3-2-4-8-17/h2-15H,16H2,1H3,(H,26,29)(H2,25,27,30). The number of amides is 3. The number of carbonyl (C=O) groups excluding carboxylic acids is 2. The molecule has 0 aliphatic carbocycles. The number of para-hydroxylation sites is 1. The maximum absolute atomic E-state index is 12.8. The fourth-order valence-electron chi connectivity index (χ4n) is 3.40. The lowest BCUT2D eigenvalue weighted by atomic mass is 10.1. The molecule has 0 atom stereocenters. The largest absolute Gasteiger partial charge is 0.341 e. The molecule has 1 aromatic heterocycles. The van der Waals surface area contributed by atoms with E-state index in [1.807, 2.05) is 59.2 Å². The van der Waals surface area contributed by atoms with E-state index in [4.69, 9.17) is 0 Å². The molecule has 3 N–H and O–H groups in total. The summed E-state index contributed by atoms with van der Waals surface area (Å²) in [7, 11) is 1.55. The van der Waals surface area contributed by atoms with Crippen molar-refractivity contribution in [2.45, 2.75) is 6.54 Å². The minimum Gasteiger partial charge on any atom is -0.341 e. The van der Waals surface area contributed by atoms with E-state index >= 15 is 0 Å². The number of nitrogens with one attached hydrogen (secondary N) is 3. The molecule has 0 fully saturated rings. The Bertz CT molecular complexity index is 1180. The van der Waals surface area contributed by atoms with Gasteiger partial charge in [-0.2, -0.15) is 0 Å². The summed E-state index contributed by atoms with van der Waals surface area (Å²) in [6.45, 7) is 0.190. The maximum atomic E-state index is 12.8. The Hall–Kier alpha value is -4.06. The third-order valence-corrected chi connectivity index (χ3v) is 4.84. The highest BCUT2D eigenvalue weighted by molar-refractivity contribution is 5.95. The molecule has 3 aromatic carbocycles. The van der Waals surface area contributed by atoms with Crippen LogP contribution in [0.3, 0.4) is 0 Å². The minimum atomic E-state index is -0.292. The summed E-state index contributed by atoms with van der Waals surface area (Å²) in [6.07, 6.45) is 0. The van der Waals surface area contributed by atoms with Crippen molar-refractivity contribution in [2.75, 3.05) is 17.7 Å². The van der Waals surface area contributed by atoms with Gasteiger partial charge in [-0.15, -0.1) is 0 Å². The van der Waals surface area contributed by atoms with Gasteiger partial charge in [-0.25, -0.2) is 4.79 Å². The number of benzene rings is 3. The minimum absolute atomic E-state index is 0.124. The highest BCUT2D eigenvalue weighted by Gasteiger charge is 2.13. The van der Waals surface area contributed by atoms with Crippen LogP contribution in [0, 0.1) is 0 Å². The van der Waals surface area contributed by atoms with E-state index in [2.05, 4.69) is 22.0 Å². The van der Waals surface area contributed by atoms with Crippen LogP contribution in [0.5, 0.6) is 0 Å². The molecular formula is C24H22N4O2. The smallest absolute Gasteiger partial charge is 0.318 e. The predicted octanol–water partition coefficient (Wildman–Crippen LogP) is 4.70. The molecule has 4 aromatic rings. The van der Waals surface area contributed by atoms with Crippen LogP contribution >= 0.6 is 0 Å². The molecule has 150 valence electrons. The Labute approximate surface area is 174 Å². The van der Waals surface area contributed by atoms with Crippen LogP contribution in [0.4, 0.5) is 16.2 Å². The molecule has 0 bridgehead atoms. The lowest BCUT2D eigenvalue weighted by Gasteiger charge is -2.12. The zero-order valence-corrected chi connectivity index (χ0v) is 16.6. The summed E-state index contributed by atoms with van der Waals surface area (Å²) in [4.78, 5) is 24.2. The van der Waals surface area contributed by atoms with Crippen molar-refractivity contribution in [3.63, 3.8) is 0 Å². The number of hydrogen-bond acceptors (Lipinski definition) is 2. The highest BCUT2D eigenvalue weighted by atomic mass is 16.2. The van der Waals surface area contributed by atoms with Gasteiger partial charge in [0.05, 0.1) is 0 Å². The molecule has 6 nitrogen and oxygen atoms in total. The van der Waals surface area contributed by atoms with E-state index in [-0.39, 0.29) is 18.5 Å². The molecule has 4 rings (SSSR count). The van der Waals surface area contributed by atoms with Gasteiger partial charge in [-0.3, -0.25) is 4.79 Å². The van der Waals surface area contributed by atoms with Crippen molar-refractivity contribution >= 4 is 34.2 Å². The second kappa shape index (κ2) is 8.53. The van der Waals surface area contributed by atoms with E-state index in [1.54, 1.807) is 31.3 Å². The Morgan fingerprint density at radius 1 is 0.800 bits per heavy atom. The monoisotopic (exact) mass is 398 g/mol. The van der Waals surface area contributed by atoms with Gasteiger partial charge in [-0.05, 0) is 42.0 Å². The first-order valence-electron chi connectivity index (χ1n) is 9.66. The molecule has 1 heterocycles. The molecule has 0 saturated heterocycles. The van der Waals surface area contributed by atoms with E-state index < -0.39 is 0 Å². The fourth-order valence-corrected chi connectivity index (χ4v) is 3.40. The Kier molecular flexibility index (Phi) is 5.48. The fraction of sp³-hybridized carbons (Fsp3) is 0.0833. The van der Waals surface area contributed by atoms with Gasteiger partial charge in [0.25, 0.3) is 0 Å². The second-order valence-electron chi connectivity index (χ2n) is 6.87. The van der Waals surface area contributed by atoms with Crippen LogP contribution in [0.15, 0.2) is 84.9 Å². The molecule has 30 heavy (non-hydrogen) atoms. The SMILES string of the molecule is CNC(=O)Nc1ccc(NC(=O)Cn2c(-c3ccccc3)cc3ccccc32)cc1. The van der Waals surface area contributed by atoms with Gasteiger partial charge in [0.15, 0.2) is 0 Å². The molecular weight excluding hydrogens is 376 g/mol. The van der Waals surface area contributed by atoms with Crippen molar-refractivity contribution in [1.82, 2.24) is 9.88 Å². The number of carbonyl (C=O) groups is 2. The van der Waals surface area contributed by atoms with E-state index in [1.165, 1.54) is 0 Å². The van der Waals surface area contributed by atoms with Gasteiger partial charge >= 0.3 is 6.03 Å². The first kappa shape index (κ1) is 19.3. The normalized spacial score (nSPS) is 10.6. The zero-order valence-electron chi connectivity index (χ0n) is 16.6. The van der Waals surface area contributed by atoms with Gasteiger partial charge < -0.3 is 20.5 Å². The zero-order chi connectivity index (χ0) is 20.9. The summed E-state index contributed by atoms with van der Waals surface area (Å²) >= 11 is 0. The molecule has 3 amide bonds. The number of anilines is 2. The number of urea groups is 1. The summed E-state index contributed by atoms with van der Waals surface area (Å²) in [5.41, 5.74) is 4.38. The molecule has 0 unspecified atom stereocenters. The van der Waals surface area contributed by atoms with Crippen molar-refractivity contribution < 1.29 is 9.59 Å². The van der Waals surface area contributed by atoms with Crippen LogP contribution in [0.25, 0.3) is 22.2 Å². The van der Waals surface area contributed by atoms with Crippen molar-refractivity contribution in [3.8, 4) is 11.3 Å². The summed E-state index contributed by atoms with van der Waals surface area (Å²) in [5.74, 6) is -0.124. The lowest BCUT2D eigenvalue weighted by Crippen LogP contribution is -2.24. The number of aromatic nitrogens is 1. The van der Waals surface area contributed by atoms with E-state index in [9.17, 15) is 9.59 Å². The summed E-state index contributed by atoms with van der Waals surface area (Å²) in [5, 5.41) is 9.20. The molecule has 0 spiro atoms. The average molecular weight is 398 g/mol. The maximum Gasteiger partial charge on any atom is 0.318 e. The summed E-state index contributed by atoms with van der Waals surface area (Å²) in [6, 6.07) is 26.9. The summed E-state index contributed by atoms with van der Waals surface area (Å²) < 4.78 is 2.03. The van der Waals surface area contributed by atoms with Crippen LogP contribution in [-0.4, -0.2) is 23.6 Å². The first-order chi connectivity index (χ1) is 14.6. The quantitative estimate of drug-likeness (QED) is 0.456. The number of nitrogens with zero attached hydrogens (tertiary/aromatic N) is 1. The first-order valence-corrected chi connectivity index (χ1v) is 9.66. The lowest BCUT2D eigenvalue weighted by molar-refractivity contribution is -0.116.